The van der Waals surface area contributed by atoms with Crippen molar-refractivity contribution in [3.63, 3.8) is 0 Å². The third-order valence-corrected chi connectivity index (χ3v) is 2.60. The molecule has 0 aliphatic rings. The number of nitrogens with zero attached hydrogens (tertiary/aromatic N) is 1. The Hall–Kier alpha value is -1.07. The number of methoxy groups -OCH3 is 1. The molecule has 88 valence electrons. The molecule has 0 radical (unpaired) electrons. The van der Waals surface area contributed by atoms with Crippen molar-refractivity contribution >= 4 is 27.5 Å². The Morgan fingerprint density at radius 3 is 2.75 bits per heavy atom. The molecule has 5 heteroatoms. The van der Waals surface area contributed by atoms with Crippen LogP contribution in [0.15, 0.2) is 22.7 Å². The maximum Gasteiger partial charge on any atom is 0.238 e. The van der Waals surface area contributed by atoms with E-state index in [0.717, 1.165) is 4.47 Å². The Morgan fingerprint density at radius 2 is 2.19 bits per heavy atom. The van der Waals surface area contributed by atoms with Gasteiger partial charge in [-0.25, -0.2) is 0 Å². The van der Waals surface area contributed by atoms with Crippen LogP contribution in [0, 0.1) is 0 Å². The number of halogens is 1. The van der Waals surface area contributed by atoms with E-state index in [4.69, 9.17) is 4.74 Å². The van der Waals surface area contributed by atoms with Crippen LogP contribution >= 0.6 is 15.9 Å². The van der Waals surface area contributed by atoms with E-state index < -0.39 is 0 Å². The molecule has 0 bridgehead atoms. The zero-order valence-electron chi connectivity index (χ0n) is 9.58. The fraction of sp³-hybridized carbons (Fsp3) is 0.364. The quantitative estimate of drug-likeness (QED) is 0.920. The van der Waals surface area contributed by atoms with Crippen molar-refractivity contribution in [2.75, 3.05) is 33.1 Å². The second kappa shape index (κ2) is 5.86. The highest BCUT2D eigenvalue weighted by atomic mass is 79.9. The number of likely N-dealkylation sites (N-methyl/N-ethyl adjacent to an activating group) is 1. The zero-order chi connectivity index (χ0) is 12.1. The van der Waals surface area contributed by atoms with Crippen LogP contribution in [0.2, 0.25) is 0 Å². The molecule has 0 aliphatic carbocycles. The summed E-state index contributed by atoms with van der Waals surface area (Å²) in [4.78, 5) is 13.4. The first kappa shape index (κ1) is 13.0. The molecule has 4 nitrogen and oxygen atoms in total. The van der Waals surface area contributed by atoms with Gasteiger partial charge in [0.25, 0.3) is 0 Å². The highest BCUT2D eigenvalue weighted by Gasteiger charge is 2.07. The molecule has 1 aromatic carbocycles. The molecule has 0 fully saturated rings. The summed E-state index contributed by atoms with van der Waals surface area (Å²) in [5.74, 6) is 0.655. The molecular weight excluding hydrogens is 272 g/mol. The summed E-state index contributed by atoms with van der Waals surface area (Å²) in [6, 6.07) is 5.44. The topological polar surface area (TPSA) is 41.6 Å². The minimum absolute atomic E-state index is 0.0565. The van der Waals surface area contributed by atoms with Gasteiger partial charge in [-0.05, 0) is 42.2 Å². The van der Waals surface area contributed by atoms with Gasteiger partial charge >= 0.3 is 0 Å². The Morgan fingerprint density at radius 1 is 1.50 bits per heavy atom. The van der Waals surface area contributed by atoms with Crippen molar-refractivity contribution < 1.29 is 9.53 Å². The first-order valence-corrected chi connectivity index (χ1v) is 5.60. The Labute approximate surface area is 104 Å². The fourth-order valence-corrected chi connectivity index (χ4v) is 1.55. The third-order valence-electron chi connectivity index (χ3n) is 1.91. The molecule has 0 unspecified atom stereocenters. The second-order valence-electron chi connectivity index (χ2n) is 3.63. The van der Waals surface area contributed by atoms with Gasteiger partial charge in [0, 0.05) is 10.5 Å². The molecule has 1 amide bonds. The Balaban J connectivity index is 2.75. The molecule has 0 aliphatic heterocycles. The summed E-state index contributed by atoms with van der Waals surface area (Å²) in [7, 11) is 5.29. The molecule has 0 saturated heterocycles. The predicted molar refractivity (Wildman–Crippen MR) is 67.9 cm³/mol. The van der Waals surface area contributed by atoms with Crippen molar-refractivity contribution in [3.05, 3.63) is 22.7 Å². The average molecular weight is 287 g/mol. The first-order chi connectivity index (χ1) is 7.52. The summed E-state index contributed by atoms with van der Waals surface area (Å²) < 4.78 is 5.92. The molecule has 0 heterocycles. The van der Waals surface area contributed by atoms with Crippen LogP contribution in [0.25, 0.3) is 0 Å². The zero-order valence-corrected chi connectivity index (χ0v) is 11.2. The lowest BCUT2D eigenvalue weighted by Gasteiger charge is -2.12. The lowest BCUT2D eigenvalue weighted by atomic mass is 10.3. The number of amides is 1. The van der Waals surface area contributed by atoms with Gasteiger partial charge in [0.15, 0.2) is 0 Å². The largest absolute Gasteiger partial charge is 0.497 e. The van der Waals surface area contributed by atoms with Gasteiger partial charge in [0.05, 0.1) is 19.3 Å². The second-order valence-corrected chi connectivity index (χ2v) is 4.49. The van der Waals surface area contributed by atoms with E-state index in [-0.39, 0.29) is 5.91 Å². The van der Waals surface area contributed by atoms with E-state index in [1.165, 1.54) is 0 Å². The van der Waals surface area contributed by atoms with Crippen LogP contribution in [0.4, 0.5) is 5.69 Å². The van der Waals surface area contributed by atoms with Crippen molar-refractivity contribution in [2.24, 2.45) is 0 Å². The summed E-state index contributed by atoms with van der Waals surface area (Å²) in [6.07, 6.45) is 0. The molecule has 0 aromatic heterocycles. The van der Waals surface area contributed by atoms with Crippen molar-refractivity contribution in [2.45, 2.75) is 0 Å². The van der Waals surface area contributed by atoms with E-state index in [1.54, 1.807) is 13.2 Å². The standard InChI is InChI=1S/C11H15BrN2O2/c1-14(2)7-11(15)13-10-6-8(16-3)4-5-9(10)12/h4-6H,7H2,1-3H3,(H,13,15). The predicted octanol–water partition coefficient (Wildman–Crippen LogP) is 1.96. The van der Waals surface area contributed by atoms with Gasteiger partial charge in [0.2, 0.25) is 5.91 Å². The fourth-order valence-electron chi connectivity index (χ4n) is 1.20. The lowest BCUT2D eigenvalue weighted by Crippen LogP contribution is -2.27. The first-order valence-electron chi connectivity index (χ1n) is 4.81. The van der Waals surface area contributed by atoms with Crippen molar-refractivity contribution in [1.82, 2.24) is 4.90 Å². The molecule has 1 rings (SSSR count). The van der Waals surface area contributed by atoms with Gasteiger partial charge in [-0.2, -0.15) is 0 Å². The van der Waals surface area contributed by atoms with Crippen LogP contribution in [-0.2, 0) is 4.79 Å². The smallest absolute Gasteiger partial charge is 0.238 e. The minimum atomic E-state index is -0.0565. The number of rotatable bonds is 4. The van der Waals surface area contributed by atoms with Crippen LogP contribution in [0.5, 0.6) is 5.75 Å². The van der Waals surface area contributed by atoms with Crippen LogP contribution in [0.1, 0.15) is 0 Å². The number of ether oxygens (including phenoxy) is 1. The van der Waals surface area contributed by atoms with Gasteiger partial charge in [0.1, 0.15) is 5.75 Å². The molecule has 16 heavy (non-hydrogen) atoms. The maximum atomic E-state index is 11.6. The van der Waals surface area contributed by atoms with Crippen LogP contribution in [0.3, 0.4) is 0 Å². The molecule has 0 spiro atoms. The SMILES string of the molecule is COc1ccc(Br)c(NC(=O)CN(C)C)c1. The summed E-state index contributed by atoms with van der Waals surface area (Å²) in [5.41, 5.74) is 0.714. The number of hydrogen-bond donors (Lipinski definition) is 1. The molecule has 1 aromatic rings. The van der Waals surface area contributed by atoms with Gasteiger partial charge in [-0.15, -0.1) is 0 Å². The van der Waals surface area contributed by atoms with Gasteiger partial charge in [-0.3, -0.25) is 4.79 Å². The molecule has 1 N–H and O–H groups in total. The summed E-state index contributed by atoms with van der Waals surface area (Å²) in [6.45, 7) is 0.351. The van der Waals surface area contributed by atoms with Crippen LogP contribution in [-0.4, -0.2) is 38.6 Å². The Bertz CT molecular complexity index is 380. The van der Waals surface area contributed by atoms with Crippen molar-refractivity contribution in [3.8, 4) is 5.75 Å². The number of carbonyl (C=O) groups is 1. The van der Waals surface area contributed by atoms with Crippen molar-refractivity contribution in [1.29, 1.82) is 0 Å². The van der Waals surface area contributed by atoms with Crippen LogP contribution < -0.4 is 10.1 Å². The van der Waals surface area contributed by atoms with E-state index in [2.05, 4.69) is 21.2 Å². The van der Waals surface area contributed by atoms with Gasteiger partial charge in [-0.1, -0.05) is 0 Å². The molecule has 0 saturated carbocycles. The molecular formula is C11H15BrN2O2. The van der Waals surface area contributed by atoms with Gasteiger partial charge < -0.3 is 15.0 Å². The summed E-state index contributed by atoms with van der Waals surface area (Å²) >= 11 is 3.37. The minimum Gasteiger partial charge on any atom is -0.497 e. The van der Waals surface area contributed by atoms with E-state index in [0.29, 0.717) is 18.0 Å². The maximum absolute atomic E-state index is 11.6. The van der Waals surface area contributed by atoms with E-state index in [9.17, 15) is 4.79 Å². The van der Waals surface area contributed by atoms with E-state index >= 15 is 0 Å². The molecule has 0 atom stereocenters. The highest BCUT2D eigenvalue weighted by Crippen LogP contribution is 2.26. The highest BCUT2D eigenvalue weighted by molar-refractivity contribution is 9.10. The Kier molecular flexibility index (Phi) is 4.76. The third kappa shape index (κ3) is 3.83. The van der Waals surface area contributed by atoms with E-state index in [1.807, 2.05) is 31.1 Å². The summed E-state index contributed by atoms with van der Waals surface area (Å²) in [5, 5.41) is 2.81. The average Bonchev–Trinajstić information content (AvgIpc) is 2.20. The number of nitrogens with one attached hydrogen (secondary N) is 1. The normalized spacial score (nSPS) is 10.3. The number of hydrogen-bond acceptors (Lipinski definition) is 3. The monoisotopic (exact) mass is 286 g/mol. The number of anilines is 1. The number of benzene rings is 1. The number of carbonyl (C=O) groups excluding carboxylic acids is 1. The lowest BCUT2D eigenvalue weighted by molar-refractivity contribution is -0.116.